The van der Waals surface area contributed by atoms with E-state index >= 15 is 0 Å². The second-order valence-corrected chi connectivity index (χ2v) is 4.88. The first-order chi connectivity index (χ1) is 11.1. The largest absolute Gasteiger partial charge is 0.339 e. The van der Waals surface area contributed by atoms with Crippen molar-refractivity contribution >= 4 is 23.1 Å². The zero-order valence-electron chi connectivity index (χ0n) is 12.2. The first-order valence-electron chi connectivity index (χ1n) is 6.86. The zero-order valence-corrected chi connectivity index (χ0v) is 12.2. The second kappa shape index (κ2) is 6.35. The van der Waals surface area contributed by atoms with Gasteiger partial charge in [0.05, 0.1) is 6.20 Å². The summed E-state index contributed by atoms with van der Waals surface area (Å²) in [5, 5.41) is 13.1. The van der Waals surface area contributed by atoms with Crippen LogP contribution in [0.15, 0.2) is 48.7 Å². The average Bonchev–Trinajstić information content (AvgIpc) is 2.52. The molecule has 0 unspecified atom stereocenters. The lowest BCUT2D eigenvalue weighted by Gasteiger charge is -2.09. The molecule has 1 heterocycles. The lowest BCUT2D eigenvalue weighted by Crippen LogP contribution is -2.04. The van der Waals surface area contributed by atoms with Gasteiger partial charge < -0.3 is 10.6 Å². The maximum Gasteiger partial charge on any atom is 0.249 e. The molecule has 1 aromatic heterocycles. The minimum atomic E-state index is -0.731. The summed E-state index contributed by atoms with van der Waals surface area (Å²) < 4.78 is 27.3. The van der Waals surface area contributed by atoms with Gasteiger partial charge in [0.1, 0.15) is 17.3 Å². The Labute approximate surface area is 131 Å². The molecule has 23 heavy (non-hydrogen) atoms. The lowest BCUT2D eigenvalue weighted by atomic mass is 10.2. The molecule has 0 atom stereocenters. The van der Waals surface area contributed by atoms with E-state index in [0.717, 1.165) is 23.4 Å². The van der Waals surface area contributed by atoms with E-state index in [9.17, 15) is 8.78 Å². The summed E-state index contributed by atoms with van der Waals surface area (Å²) in [6.45, 7) is 1.97. The SMILES string of the molecule is Cc1cccc(Nc2cnnc(Nc3c(F)cccc3F)n2)c1. The second-order valence-electron chi connectivity index (χ2n) is 4.88. The van der Waals surface area contributed by atoms with Gasteiger partial charge in [0.2, 0.25) is 5.95 Å². The monoisotopic (exact) mass is 313 g/mol. The van der Waals surface area contributed by atoms with Gasteiger partial charge in [-0.05, 0) is 36.8 Å². The summed E-state index contributed by atoms with van der Waals surface area (Å²) in [6.07, 6.45) is 1.42. The van der Waals surface area contributed by atoms with Crippen LogP contribution in [-0.4, -0.2) is 15.2 Å². The highest BCUT2D eigenvalue weighted by Gasteiger charge is 2.10. The molecule has 3 rings (SSSR count). The van der Waals surface area contributed by atoms with Gasteiger partial charge in [0, 0.05) is 5.69 Å². The minimum absolute atomic E-state index is 0.00773. The highest BCUT2D eigenvalue weighted by atomic mass is 19.1. The van der Waals surface area contributed by atoms with E-state index in [1.807, 2.05) is 31.2 Å². The fourth-order valence-electron chi connectivity index (χ4n) is 2.02. The number of hydrogen-bond donors (Lipinski definition) is 2. The number of rotatable bonds is 4. The van der Waals surface area contributed by atoms with Crippen LogP contribution in [0.5, 0.6) is 0 Å². The zero-order chi connectivity index (χ0) is 16.2. The number of nitrogens with zero attached hydrogens (tertiary/aromatic N) is 3. The van der Waals surface area contributed by atoms with Crippen LogP contribution in [0, 0.1) is 18.6 Å². The number of anilines is 4. The Bertz CT molecular complexity index is 818. The number of benzene rings is 2. The molecule has 116 valence electrons. The number of hydrogen-bond acceptors (Lipinski definition) is 5. The molecule has 0 amide bonds. The Balaban J connectivity index is 1.83. The lowest BCUT2D eigenvalue weighted by molar-refractivity contribution is 0.590. The molecule has 0 aliphatic rings. The van der Waals surface area contributed by atoms with Gasteiger partial charge in [-0.15, -0.1) is 5.10 Å². The van der Waals surface area contributed by atoms with Gasteiger partial charge in [-0.1, -0.05) is 18.2 Å². The molecule has 0 aliphatic heterocycles. The van der Waals surface area contributed by atoms with E-state index in [2.05, 4.69) is 25.8 Å². The summed E-state index contributed by atoms with van der Waals surface area (Å²) in [6, 6.07) is 11.3. The topological polar surface area (TPSA) is 62.7 Å². The maximum absolute atomic E-state index is 13.6. The molecule has 0 saturated carbocycles. The highest BCUT2D eigenvalue weighted by Crippen LogP contribution is 2.22. The van der Waals surface area contributed by atoms with Crippen molar-refractivity contribution in [2.24, 2.45) is 0 Å². The molecule has 0 fully saturated rings. The molecule has 0 saturated heterocycles. The average molecular weight is 313 g/mol. The Kier molecular flexibility index (Phi) is 4.09. The van der Waals surface area contributed by atoms with Gasteiger partial charge in [-0.25, -0.2) is 8.78 Å². The van der Waals surface area contributed by atoms with Gasteiger partial charge in [0.15, 0.2) is 5.82 Å². The van der Waals surface area contributed by atoms with Gasteiger partial charge in [-0.2, -0.15) is 10.1 Å². The summed E-state index contributed by atoms with van der Waals surface area (Å²) in [5.41, 5.74) is 1.60. The molecular weight excluding hydrogens is 300 g/mol. The summed E-state index contributed by atoms with van der Waals surface area (Å²) in [5.74, 6) is -1.06. The van der Waals surface area contributed by atoms with Gasteiger partial charge >= 0.3 is 0 Å². The summed E-state index contributed by atoms with van der Waals surface area (Å²) >= 11 is 0. The van der Waals surface area contributed by atoms with Crippen molar-refractivity contribution in [1.82, 2.24) is 15.2 Å². The van der Waals surface area contributed by atoms with Crippen molar-refractivity contribution in [3.63, 3.8) is 0 Å². The van der Waals surface area contributed by atoms with Crippen LogP contribution >= 0.6 is 0 Å². The molecular formula is C16H13F2N5. The third-order valence-corrected chi connectivity index (χ3v) is 3.05. The van der Waals surface area contributed by atoms with Crippen LogP contribution in [-0.2, 0) is 0 Å². The fourth-order valence-corrected chi connectivity index (χ4v) is 2.02. The predicted octanol–water partition coefficient (Wildman–Crippen LogP) is 3.95. The van der Waals surface area contributed by atoms with Crippen LogP contribution in [0.2, 0.25) is 0 Å². The molecule has 0 spiro atoms. The summed E-state index contributed by atoms with van der Waals surface area (Å²) in [7, 11) is 0. The smallest absolute Gasteiger partial charge is 0.249 e. The Morgan fingerprint density at radius 3 is 2.43 bits per heavy atom. The normalized spacial score (nSPS) is 10.4. The molecule has 5 nitrogen and oxygen atoms in total. The van der Waals surface area contributed by atoms with E-state index in [-0.39, 0.29) is 11.6 Å². The number of aromatic nitrogens is 3. The number of nitrogens with one attached hydrogen (secondary N) is 2. The molecule has 2 aromatic carbocycles. The molecule has 3 aromatic rings. The molecule has 0 bridgehead atoms. The fraction of sp³-hybridized carbons (Fsp3) is 0.0625. The molecule has 0 aliphatic carbocycles. The highest BCUT2D eigenvalue weighted by molar-refractivity contribution is 5.59. The van der Waals surface area contributed by atoms with E-state index in [4.69, 9.17) is 0 Å². The van der Waals surface area contributed by atoms with Gasteiger partial charge in [0.25, 0.3) is 0 Å². The minimum Gasteiger partial charge on any atom is -0.339 e. The predicted molar refractivity (Wildman–Crippen MR) is 83.9 cm³/mol. The Hall–Kier alpha value is -3.09. The van der Waals surface area contributed by atoms with E-state index in [0.29, 0.717) is 5.82 Å². The standard InChI is InChI=1S/C16H13F2N5/c1-10-4-2-5-11(8-10)20-14-9-19-23-16(21-14)22-15-12(17)6-3-7-13(15)18/h2-9H,1H3,(H2,20,21,22,23). The third kappa shape index (κ3) is 3.57. The van der Waals surface area contributed by atoms with Crippen molar-refractivity contribution in [1.29, 1.82) is 0 Å². The van der Waals surface area contributed by atoms with Crippen molar-refractivity contribution in [2.45, 2.75) is 6.92 Å². The first kappa shape index (κ1) is 14.8. The number of halogens is 2. The van der Waals surface area contributed by atoms with Crippen molar-refractivity contribution in [3.05, 3.63) is 65.9 Å². The van der Waals surface area contributed by atoms with Crippen LogP contribution in [0.25, 0.3) is 0 Å². The van der Waals surface area contributed by atoms with Crippen LogP contribution in [0.4, 0.5) is 31.9 Å². The number of para-hydroxylation sites is 1. The maximum atomic E-state index is 13.6. The van der Waals surface area contributed by atoms with Gasteiger partial charge in [-0.3, -0.25) is 0 Å². The quantitative estimate of drug-likeness (QED) is 0.764. The van der Waals surface area contributed by atoms with Crippen LogP contribution < -0.4 is 10.6 Å². The van der Waals surface area contributed by atoms with Crippen molar-refractivity contribution in [3.8, 4) is 0 Å². The molecule has 2 N–H and O–H groups in total. The van der Waals surface area contributed by atoms with E-state index in [1.54, 1.807) is 0 Å². The van der Waals surface area contributed by atoms with Crippen LogP contribution in [0.1, 0.15) is 5.56 Å². The Morgan fingerprint density at radius 2 is 1.70 bits per heavy atom. The number of aryl methyl sites for hydroxylation is 1. The van der Waals surface area contributed by atoms with E-state index < -0.39 is 11.6 Å². The Morgan fingerprint density at radius 1 is 0.957 bits per heavy atom. The first-order valence-corrected chi connectivity index (χ1v) is 6.86. The molecule has 7 heteroatoms. The van der Waals surface area contributed by atoms with E-state index in [1.165, 1.54) is 12.3 Å². The van der Waals surface area contributed by atoms with Crippen molar-refractivity contribution < 1.29 is 8.78 Å². The summed E-state index contributed by atoms with van der Waals surface area (Å²) in [4.78, 5) is 4.15. The third-order valence-electron chi connectivity index (χ3n) is 3.05. The van der Waals surface area contributed by atoms with Crippen molar-refractivity contribution in [2.75, 3.05) is 10.6 Å². The van der Waals surface area contributed by atoms with Crippen LogP contribution in [0.3, 0.4) is 0 Å². The molecule has 0 radical (unpaired) electrons.